The SMILES string of the molecule is CCOC(=O)CCc1csc2ncc(/C=C/c3ccc4ccccc4c3)n12. The highest BCUT2D eigenvalue weighted by molar-refractivity contribution is 7.15. The number of carbonyl (C=O) groups is 1. The van der Waals surface area contributed by atoms with Crippen LogP contribution < -0.4 is 0 Å². The van der Waals surface area contributed by atoms with Crippen LogP contribution in [-0.2, 0) is 16.0 Å². The maximum atomic E-state index is 11.7. The van der Waals surface area contributed by atoms with E-state index in [4.69, 9.17) is 4.74 Å². The van der Waals surface area contributed by atoms with E-state index in [0.29, 0.717) is 19.4 Å². The van der Waals surface area contributed by atoms with Crippen molar-refractivity contribution < 1.29 is 9.53 Å². The Morgan fingerprint density at radius 1 is 1.19 bits per heavy atom. The van der Waals surface area contributed by atoms with Crippen molar-refractivity contribution in [2.75, 3.05) is 6.61 Å². The summed E-state index contributed by atoms with van der Waals surface area (Å²) < 4.78 is 7.14. The third kappa shape index (κ3) is 3.78. The molecule has 0 atom stereocenters. The van der Waals surface area contributed by atoms with Gasteiger partial charge >= 0.3 is 5.97 Å². The molecule has 27 heavy (non-hydrogen) atoms. The number of carbonyl (C=O) groups excluding carboxylic acids is 1. The number of aromatic nitrogens is 2. The van der Waals surface area contributed by atoms with Crippen molar-refractivity contribution in [1.29, 1.82) is 0 Å². The van der Waals surface area contributed by atoms with Crippen LogP contribution in [0.4, 0.5) is 0 Å². The van der Waals surface area contributed by atoms with E-state index in [-0.39, 0.29) is 5.97 Å². The molecule has 0 aliphatic heterocycles. The van der Waals surface area contributed by atoms with Crippen LogP contribution in [0.25, 0.3) is 27.9 Å². The average Bonchev–Trinajstić information content (AvgIpc) is 3.27. The van der Waals surface area contributed by atoms with Crippen LogP contribution in [0.15, 0.2) is 54.0 Å². The number of hydrogen-bond donors (Lipinski definition) is 0. The summed E-state index contributed by atoms with van der Waals surface area (Å²) in [6.45, 7) is 2.24. The molecule has 0 N–H and O–H groups in total. The molecule has 0 amide bonds. The molecule has 0 saturated carbocycles. The van der Waals surface area contributed by atoms with Gasteiger partial charge in [0.05, 0.1) is 24.9 Å². The van der Waals surface area contributed by atoms with Gasteiger partial charge in [0.25, 0.3) is 0 Å². The summed E-state index contributed by atoms with van der Waals surface area (Å²) in [5.41, 5.74) is 3.24. The van der Waals surface area contributed by atoms with E-state index >= 15 is 0 Å². The lowest BCUT2D eigenvalue weighted by atomic mass is 10.1. The summed E-state index contributed by atoms with van der Waals surface area (Å²) in [4.78, 5) is 17.1. The highest BCUT2D eigenvalue weighted by atomic mass is 32.1. The molecular formula is C22H20N2O2S. The Bertz CT molecular complexity index is 1120. The quantitative estimate of drug-likeness (QED) is 0.434. The summed E-state index contributed by atoms with van der Waals surface area (Å²) in [6.07, 6.45) is 7.07. The van der Waals surface area contributed by atoms with Crippen LogP contribution in [0.3, 0.4) is 0 Å². The fraction of sp³-hybridized carbons (Fsp3) is 0.182. The Morgan fingerprint density at radius 3 is 2.89 bits per heavy atom. The zero-order valence-corrected chi connectivity index (χ0v) is 15.9. The first-order valence-electron chi connectivity index (χ1n) is 9.01. The summed E-state index contributed by atoms with van der Waals surface area (Å²) in [7, 11) is 0. The zero-order valence-electron chi connectivity index (χ0n) is 15.1. The zero-order chi connectivity index (χ0) is 18.6. The van der Waals surface area contributed by atoms with E-state index in [1.807, 2.05) is 13.1 Å². The van der Waals surface area contributed by atoms with Gasteiger partial charge in [-0.25, -0.2) is 4.98 Å². The molecule has 2 aromatic heterocycles. The van der Waals surface area contributed by atoms with E-state index in [0.717, 1.165) is 21.9 Å². The predicted molar refractivity (Wildman–Crippen MR) is 111 cm³/mol. The van der Waals surface area contributed by atoms with Gasteiger partial charge in [0.1, 0.15) is 0 Å². The molecule has 4 nitrogen and oxygen atoms in total. The standard InChI is InChI=1S/C22H20N2O2S/c1-2-26-21(25)12-11-20-15-27-22-23-14-19(24(20)22)10-8-16-7-9-17-5-3-4-6-18(17)13-16/h3-10,13-15H,2,11-12H2,1H3/b10-8+. The van der Waals surface area contributed by atoms with E-state index in [1.165, 1.54) is 10.8 Å². The molecule has 2 heterocycles. The van der Waals surface area contributed by atoms with E-state index < -0.39 is 0 Å². The number of esters is 1. The molecule has 0 unspecified atom stereocenters. The van der Waals surface area contributed by atoms with E-state index in [2.05, 4.69) is 69.4 Å². The van der Waals surface area contributed by atoms with Crippen LogP contribution in [0.2, 0.25) is 0 Å². The first-order chi connectivity index (χ1) is 13.2. The van der Waals surface area contributed by atoms with Crippen molar-refractivity contribution >= 4 is 45.2 Å². The smallest absolute Gasteiger partial charge is 0.306 e. The molecule has 0 spiro atoms. The number of fused-ring (bicyclic) bond motifs is 2. The van der Waals surface area contributed by atoms with Crippen molar-refractivity contribution in [3.8, 4) is 0 Å². The molecule has 0 bridgehead atoms. The second-order valence-electron chi connectivity index (χ2n) is 6.27. The minimum atomic E-state index is -0.162. The first kappa shape index (κ1) is 17.5. The molecule has 136 valence electrons. The van der Waals surface area contributed by atoms with Crippen LogP contribution in [-0.4, -0.2) is 22.0 Å². The molecule has 0 saturated heterocycles. The predicted octanol–water partition coefficient (Wildman–Crippen LogP) is 5.22. The number of rotatable bonds is 6. The molecule has 0 fully saturated rings. The lowest BCUT2D eigenvalue weighted by Crippen LogP contribution is -2.06. The maximum Gasteiger partial charge on any atom is 0.306 e. The second-order valence-corrected chi connectivity index (χ2v) is 7.11. The lowest BCUT2D eigenvalue weighted by molar-refractivity contribution is -0.143. The molecular weight excluding hydrogens is 356 g/mol. The third-order valence-corrected chi connectivity index (χ3v) is 5.34. The van der Waals surface area contributed by atoms with Crippen molar-refractivity contribution in [1.82, 2.24) is 9.38 Å². The summed E-state index contributed by atoms with van der Waals surface area (Å²) >= 11 is 1.59. The number of thiazole rings is 1. The van der Waals surface area contributed by atoms with E-state index in [1.54, 1.807) is 11.3 Å². The van der Waals surface area contributed by atoms with Gasteiger partial charge < -0.3 is 4.74 Å². The molecule has 4 rings (SSSR count). The molecule has 2 aromatic carbocycles. The second kappa shape index (κ2) is 7.76. The van der Waals surface area contributed by atoms with Crippen molar-refractivity contribution in [3.05, 3.63) is 71.0 Å². The van der Waals surface area contributed by atoms with Gasteiger partial charge in [0.15, 0.2) is 4.96 Å². The Hall–Kier alpha value is -2.92. The molecule has 0 radical (unpaired) electrons. The van der Waals surface area contributed by atoms with Gasteiger partial charge in [0.2, 0.25) is 0 Å². The van der Waals surface area contributed by atoms with Gasteiger partial charge in [-0.2, -0.15) is 0 Å². The van der Waals surface area contributed by atoms with Gasteiger partial charge in [0, 0.05) is 11.1 Å². The van der Waals surface area contributed by atoms with Crippen molar-refractivity contribution in [2.45, 2.75) is 19.8 Å². The normalized spacial score (nSPS) is 11.6. The van der Waals surface area contributed by atoms with Crippen molar-refractivity contribution in [2.24, 2.45) is 0 Å². The first-order valence-corrected chi connectivity index (χ1v) is 9.89. The monoisotopic (exact) mass is 376 g/mol. The van der Waals surface area contributed by atoms with Gasteiger partial charge in [-0.05, 0) is 41.8 Å². The minimum Gasteiger partial charge on any atom is -0.466 e. The average molecular weight is 376 g/mol. The van der Waals surface area contributed by atoms with Gasteiger partial charge in [-0.3, -0.25) is 9.20 Å². The number of hydrogen-bond acceptors (Lipinski definition) is 4. The van der Waals surface area contributed by atoms with Crippen LogP contribution in [0, 0.1) is 0 Å². The molecule has 5 heteroatoms. The Kier molecular flexibility index (Phi) is 5.03. The Balaban J connectivity index is 1.58. The number of aryl methyl sites for hydroxylation is 1. The van der Waals surface area contributed by atoms with Crippen LogP contribution >= 0.6 is 11.3 Å². The highest BCUT2D eigenvalue weighted by Crippen LogP contribution is 2.22. The summed E-state index contributed by atoms with van der Waals surface area (Å²) in [5.74, 6) is -0.162. The van der Waals surface area contributed by atoms with Gasteiger partial charge in [-0.15, -0.1) is 11.3 Å². The summed E-state index contributed by atoms with van der Waals surface area (Å²) in [5, 5.41) is 4.53. The number of benzene rings is 2. The van der Waals surface area contributed by atoms with Crippen LogP contribution in [0.1, 0.15) is 30.3 Å². The molecule has 4 aromatic rings. The number of imidazole rings is 1. The Labute approximate surface area is 161 Å². The Morgan fingerprint density at radius 2 is 2.04 bits per heavy atom. The molecule has 0 aliphatic rings. The van der Waals surface area contributed by atoms with Crippen molar-refractivity contribution in [3.63, 3.8) is 0 Å². The van der Waals surface area contributed by atoms with Crippen LogP contribution in [0.5, 0.6) is 0 Å². The number of nitrogens with zero attached hydrogens (tertiary/aromatic N) is 2. The summed E-state index contributed by atoms with van der Waals surface area (Å²) in [6, 6.07) is 14.8. The maximum absolute atomic E-state index is 11.7. The fourth-order valence-electron chi connectivity index (χ4n) is 3.14. The minimum absolute atomic E-state index is 0.162. The number of ether oxygens (including phenoxy) is 1. The molecule has 0 aliphatic carbocycles. The van der Waals surface area contributed by atoms with E-state index in [9.17, 15) is 4.79 Å². The topological polar surface area (TPSA) is 43.6 Å². The largest absolute Gasteiger partial charge is 0.466 e. The lowest BCUT2D eigenvalue weighted by Gasteiger charge is -2.03. The third-order valence-electron chi connectivity index (χ3n) is 4.45. The fourth-order valence-corrected chi connectivity index (χ4v) is 4.04. The highest BCUT2D eigenvalue weighted by Gasteiger charge is 2.11. The van der Waals surface area contributed by atoms with Gasteiger partial charge in [-0.1, -0.05) is 42.5 Å².